The Labute approximate surface area is 127 Å². The average molecular weight is 313 g/mol. The minimum atomic E-state index is -0.602. The van der Waals surface area contributed by atoms with E-state index in [2.05, 4.69) is 0 Å². The number of carbonyl (C=O) groups is 1. The van der Waals surface area contributed by atoms with Gasteiger partial charge in [0.25, 0.3) is 11.6 Å². The first kappa shape index (κ1) is 15.7. The molecule has 0 aliphatic carbocycles. The van der Waals surface area contributed by atoms with Crippen molar-refractivity contribution in [2.24, 2.45) is 5.92 Å². The molecule has 0 aromatic heterocycles. The van der Waals surface area contributed by atoms with Crippen molar-refractivity contribution >= 4 is 23.2 Å². The molecule has 21 heavy (non-hydrogen) atoms. The second-order valence-corrected chi connectivity index (χ2v) is 5.75. The average Bonchev–Trinajstić information content (AvgIpc) is 2.46. The van der Waals surface area contributed by atoms with E-state index in [-0.39, 0.29) is 28.1 Å². The van der Waals surface area contributed by atoms with E-state index in [0.29, 0.717) is 13.1 Å². The lowest BCUT2D eigenvalue weighted by atomic mass is 9.93. The van der Waals surface area contributed by atoms with E-state index < -0.39 is 11.0 Å². The summed E-state index contributed by atoms with van der Waals surface area (Å²) in [5.74, 6) is -0.377. The smallest absolute Gasteiger partial charge is 0.283 e. The number of hydrogen-bond acceptors (Lipinski definition) is 4. The molecular formula is C14H17ClN2O4. The molecular weight excluding hydrogens is 296 g/mol. The highest BCUT2D eigenvalue weighted by Gasteiger charge is 2.30. The second kappa shape index (κ2) is 6.41. The third-order valence-corrected chi connectivity index (χ3v) is 4.05. The van der Waals surface area contributed by atoms with E-state index in [1.165, 1.54) is 18.2 Å². The molecule has 1 amide bonds. The lowest BCUT2D eigenvalue weighted by Gasteiger charge is -2.34. The van der Waals surface area contributed by atoms with Crippen molar-refractivity contribution in [3.8, 4) is 0 Å². The SMILES string of the molecule is CC(O)C1CCCN(C(=O)c2ccc(Cl)cc2[N+](=O)[O-])C1. The maximum atomic E-state index is 12.5. The summed E-state index contributed by atoms with van der Waals surface area (Å²) in [6.07, 6.45) is 1.13. The molecule has 0 spiro atoms. The monoisotopic (exact) mass is 312 g/mol. The highest BCUT2D eigenvalue weighted by molar-refractivity contribution is 6.31. The molecule has 0 saturated carbocycles. The van der Waals surface area contributed by atoms with Crippen molar-refractivity contribution in [1.82, 2.24) is 4.90 Å². The van der Waals surface area contributed by atoms with Crippen molar-refractivity contribution in [2.75, 3.05) is 13.1 Å². The zero-order valence-electron chi connectivity index (χ0n) is 11.7. The minimum absolute atomic E-state index is 0.00839. The van der Waals surface area contributed by atoms with E-state index in [9.17, 15) is 20.0 Å². The molecule has 1 aromatic rings. The molecule has 1 N–H and O–H groups in total. The molecule has 7 heteroatoms. The molecule has 1 aliphatic rings. The highest BCUT2D eigenvalue weighted by atomic mass is 35.5. The van der Waals surface area contributed by atoms with E-state index in [4.69, 9.17) is 11.6 Å². The Bertz CT molecular complexity index is 562. The van der Waals surface area contributed by atoms with Crippen LogP contribution in [0.15, 0.2) is 18.2 Å². The van der Waals surface area contributed by atoms with Gasteiger partial charge in [0.05, 0.1) is 11.0 Å². The standard InChI is InChI=1S/C14H17ClN2O4/c1-9(18)10-3-2-6-16(8-10)14(19)12-5-4-11(15)7-13(12)17(20)21/h4-5,7,9-10,18H,2-3,6,8H2,1H3. The number of aliphatic hydroxyl groups excluding tert-OH is 1. The predicted molar refractivity (Wildman–Crippen MR) is 78.4 cm³/mol. The van der Waals surface area contributed by atoms with E-state index in [1.807, 2.05) is 0 Å². The maximum Gasteiger partial charge on any atom is 0.283 e. The molecule has 0 radical (unpaired) electrons. The predicted octanol–water partition coefficient (Wildman–Crippen LogP) is 2.48. The minimum Gasteiger partial charge on any atom is -0.393 e. The number of likely N-dealkylation sites (tertiary alicyclic amines) is 1. The van der Waals surface area contributed by atoms with Crippen molar-refractivity contribution in [1.29, 1.82) is 0 Å². The number of benzene rings is 1. The van der Waals surface area contributed by atoms with Crippen LogP contribution in [0, 0.1) is 16.0 Å². The van der Waals surface area contributed by atoms with Gasteiger partial charge in [-0.25, -0.2) is 0 Å². The van der Waals surface area contributed by atoms with E-state index >= 15 is 0 Å². The molecule has 2 rings (SSSR count). The number of nitro groups is 1. The Balaban J connectivity index is 2.26. The molecule has 6 nitrogen and oxygen atoms in total. The third-order valence-electron chi connectivity index (χ3n) is 3.81. The fourth-order valence-corrected chi connectivity index (χ4v) is 2.76. The highest BCUT2D eigenvalue weighted by Crippen LogP contribution is 2.27. The zero-order chi connectivity index (χ0) is 15.6. The summed E-state index contributed by atoms with van der Waals surface area (Å²) in [6.45, 7) is 2.65. The van der Waals surface area contributed by atoms with Gasteiger partial charge in [-0.05, 0) is 31.9 Å². The molecule has 2 atom stereocenters. The van der Waals surface area contributed by atoms with Gasteiger partial charge in [0.15, 0.2) is 0 Å². The Morgan fingerprint density at radius 2 is 2.29 bits per heavy atom. The van der Waals surface area contributed by atoms with Crippen molar-refractivity contribution < 1.29 is 14.8 Å². The number of halogens is 1. The number of rotatable bonds is 3. The van der Waals surface area contributed by atoms with Crippen molar-refractivity contribution in [3.05, 3.63) is 38.9 Å². The normalized spacial score (nSPS) is 20.1. The van der Waals surface area contributed by atoms with Crippen LogP contribution in [0.5, 0.6) is 0 Å². The largest absolute Gasteiger partial charge is 0.393 e. The summed E-state index contributed by atoms with van der Waals surface area (Å²) in [5, 5.41) is 21.0. The second-order valence-electron chi connectivity index (χ2n) is 5.31. The number of nitro benzene ring substituents is 1. The van der Waals surface area contributed by atoms with Gasteiger partial charge < -0.3 is 10.0 Å². The first-order valence-electron chi connectivity index (χ1n) is 6.81. The van der Waals surface area contributed by atoms with Crippen LogP contribution in [-0.2, 0) is 0 Å². The van der Waals surface area contributed by atoms with E-state index in [0.717, 1.165) is 12.8 Å². The Kier molecular flexibility index (Phi) is 4.80. The van der Waals surface area contributed by atoms with Crippen LogP contribution in [0.25, 0.3) is 0 Å². The molecule has 1 saturated heterocycles. The molecule has 2 unspecified atom stereocenters. The summed E-state index contributed by atoms with van der Waals surface area (Å²) in [5.41, 5.74) is -0.248. The molecule has 1 heterocycles. The zero-order valence-corrected chi connectivity index (χ0v) is 12.4. The van der Waals surface area contributed by atoms with Crippen LogP contribution in [0.4, 0.5) is 5.69 Å². The van der Waals surface area contributed by atoms with Crippen LogP contribution in [0.1, 0.15) is 30.1 Å². The maximum absolute atomic E-state index is 12.5. The first-order chi connectivity index (χ1) is 9.90. The quantitative estimate of drug-likeness (QED) is 0.686. The molecule has 114 valence electrons. The van der Waals surface area contributed by atoms with Gasteiger partial charge in [0.1, 0.15) is 5.56 Å². The van der Waals surface area contributed by atoms with Gasteiger partial charge in [-0.15, -0.1) is 0 Å². The van der Waals surface area contributed by atoms with Gasteiger partial charge in [-0.2, -0.15) is 0 Å². The van der Waals surface area contributed by atoms with Crippen LogP contribution in [-0.4, -0.2) is 40.0 Å². The van der Waals surface area contributed by atoms with Crippen LogP contribution >= 0.6 is 11.6 Å². The van der Waals surface area contributed by atoms with Crippen molar-refractivity contribution in [2.45, 2.75) is 25.9 Å². The Morgan fingerprint density at radius 3 is 2.90 bits per heavy atom. The van der Waals surface area contributed by atoms with Gasteiger partial charge >= 0.3 is 0 Å². The number of nitrogens with zero attached hydrogens (tertiary/aromatic N) is 2. The lowest BCUT2D eigenvalue weighted by molar-refractivity contribution is -0.385. The topological polar surface area (TPSA) is 83.7 Å². The molecule has 1 aliphatic heterocycles. The number of amides is 1. The van der Waals surface area contributed by atoms with Crippen LogP contribution in [0.3, 0.4) is 0 Å². The molecule has 0 bridgehead atoms. The van der Waals surface area contributed by atoms with Crippen LogP contribution in [0.2, 0.25) is 5.02 Å². The Hall–Kier alpha value is -1.66. The summed E-state index contributed by atoms with van der Waals surface area (Å²) < 4.78 is 0. The summed E-state index contributed by atoms with van der Waals surface area (Å²) in [6, 6.07) is 4.04. The summed E-state index contributed by atoms with van der Waals surface area (Å²) in [4.78, 5) is 24.5. The fourth-order valence-electron chi connectivity index (χ4n) is 2.60. The summed E-state index contributed by atoms with van der Waals surface area (Å²) >= 11 is 5.75. The summed E-state index contributed by atoms with van der Waals surface area (Å²) in [7, 11) is 0. The van der Waals surface area contributed by atoms with Gasteiger partial charge in [-0.1, -0.05) is 11.6 Å². The van der Waals surface area contributed by atoms with E-state index in [1.54, 1.807) is 11.8 Å². The third kappa shape index (κ3) is 3.51. The number of carbonyl (C=O) groups excluding carboxylic acids is 1. The lowest BCUT2D eigenvalue weighted by Crippen LogP contribution is -2.43. The fraction of sp³-hybridized carbons (Fsp3) is 0.500. The van der Waals surface area contributed by atoms with Gasteiger partial charge in [0.2, 0.25) is 0 Å². The number of aliphatic hydroxyl groups is 1. The molecule has 1 fully saturated rings. The number of hydrogen-bond donors (Lipinski definition) is 1. The first-order valence-corrected chi connectivity index (χ1v) is 7.19. The number of piperidine rings is 1. The van der Waals surface area contributed by atoms with Gasteiger partial charge in [0, 0.05) is 30.1 Å². The van der Waals surface area contributed by atoms with Gasteiger partial charge in [-0.3, -0.25) is 14.9 Å². The van der Waals surface area contributed by atoms with Crippen molar-refractivity contribution in [3.63, 3.8) is 0 Å². The van der Waals surface area contributed by atoms with Crippen LogP contribution < -0.4 is 0 Å². The molecule has 1 aromatic carbocycles. The Morgan fingerprint density at radius 1 is 1.57 bits per heavy atom.